The van der Waals surface area contributed by atoms with E-state index in [1.165, 1.54) is 24.5 Å². The Bertz CT molecular complexity index is 784. The third-order valence-electron chi connectivity index (χ3n) is 5.86. The standard InChI is InChI=1S/C21H28F2N4O2S.ClH/c1-30-21(24-15-19(23)16-25-21)27-11-9-26(10-12-27)8-2-7-20(28-13-14-29-20)17-3-5-18(22)6-4-17;/h3-6,15-16,24H,2,7-14H2,1H3;1H. The number of aliphatic imine (C=N–C) groups is 1. The van der Waals surface area contributed by atoms with Gasteiger partial charge in [0.15, 0.2) is 11.6 Å². The van der Waals surface area contributed by atoms with Gasteiger partial charge in [-0.25, -0.2) is 13.8 Å². The van der Waals surface area contributed by atoms with Crippen LogP contribution in [0, 0.1) is 5.82 Å². The molecule has 1 atom stereocenters. The molecule has 2 saturated heterocycles. The zero-order valence-electron chi connectivity index (χ0n) is 17.6. The molecule has 0 bridgehead atoms. The third kappa shape index (κ3) is 5.40. The fraction of sp³-hybridized carbons (Fsp3) is 0.571. The number of ether oxygens (including phenoxy) is 2. The van der Waals surface area contributed by atoms with Gasteiger partial charge in [-0.15, -0.1) is 12.4 Å². The highest BCUT2D eigenvalue weighted by Gasteiger charge is 2.40. The second kappa shape index (κ2) is 10.6. The van der Waals surface area contributed by atoms with Gasteiger partial charge in [0.25, 0.3) is 0 Å². The van der Waals surface area contributed by atoms with Gasteiger partial charge in [0.05, 0.1) is 19.4 Å². The van der Waals surface area contributed by atoms with Gasteiger partial charge in [0.2, 0.25) is 5.12 Å². The molecule has 0 radical (unpaired) electrons. The van der Waals surface area contributed by atoms with E-state index < -0.39 is 10.9 Å². The Morgan fingerprint density at radius 3 is 2.35 bits per heavy atom. The molecule has 3 heterocycles. The Morgan fingerprint density at radius 1 is 1.10 bits per heavy atom. The van der Waals surface area contributed by atoms with Gasteiger partial charge >= 0.3 is 0 Å². The van der Waals surface area contributed by atoms with E-state index >= 15 is 0 Å². The van der Waals surface area contributed by atoms with Crippen molar-refractivity contribution in [3.05, 3.63) is 47.7 Å². The van der Waals surface area contributed by atoms with Crippen molar-refractivity contribution in [3.63, 3.8) is 0 Å². The van der Waals surface area contributed by atoms with E-state index in [2.05, 4.69) is 20.1 Å². The van der Waals surface area contributed by atoms with Gasteiger partial charge < -0.3 is 19.7 Å². The number of halogens is 3. The summed E-state index contributed by atoms with van der Waals surface area (Å²) in [6.45, 7) is 5.55. The number of hydrogen-bond donors (Lipinski definition) is 1. The number of benzene rings is 1. The van der Waals surface area contributed by atoms with Crippen molar-refractivity contribution in [1.29, 1.82) is 0 Å². The minimum Gasteiger partial charge on any atom is -0.343 e. The van der Waals surface area contributed by atoms with Crippen LogP contribution in [-0.2, 0) is 15.3 Å². The molecule has 1 aromatic carbocycles. The van der Waals surface area contributed by atoms with Crippen LogP contribution in [0.3, 0.4) is 0 Å². The Balaban J connectivity index is 0.00000272. The molecule has 3 aliphatic rings. The molecule has 6 nitrogen and oxygen atoms in total. The minimum absolute atomic E-state index is 0. The first-order valence-corrected chi connectivity index (χ1v) is 11.5. The molecular formula is C21H29ClF2N4O2S. The molecule has 0 saturated carbocycles. The van der Waals surface area contributed by atoms with Gasteiger partial charge in [0.1, 0.15) is 5.82 Å². The normalized spacial score (nSPS) is 26.2. The topological polar surface area (TPSA) is 49.3 Å². The van der Waals surface area contributed by atoms with Crippen LogP contribution in [0.5, 0.6) is 0 Å². The molecule has 10 heteroatoms. The highest BCUT2D eigenvalue weighted by Crippen LogP contribution is 2.36. The molecule has 0 amide bonds. The first-order valence-electron chi connectivity index (χ1n) is 10.3. The average molecular weight is 475 g/mol. The van der Waals surface area contributed by atoms with Crippen molar-refractivity contribution >= 4 is 30.4 Å². The molecule has 172 valence electrons. The summed E-state index contributed by atoms with van der Waals surface area (Å²) < 4.78 is 38.5. The zero-order chi connectivity index (χ0) is 21.0. The number of rotatable bonds is 7. The number of thioether (sulfide) groups is 1. The Kier molecular flexibility index (Phi) is 8.34. The van der Waals surface area contributed by atoms with Crippen LogP contribution in [-0.4, -0.2) is 73.3 Å². The molecule has 1 N–H and O–H groups in total. The van der Waals surface area contributed by atoms with E-state index in [1.807, 2.05) is 6.26 Å². The van der Waals surface area contributed by atoms with Gasteiger partial charge in [-0.1, -0.05) is 23.9 Å². The molecule has 1 aromatic rings. The van der Waals surface area contributed by atoms with Crippen LogP contribution >= 0.6 is 24.2 Å². The number of hydrogen-bond acceptors (Lipinski definition) is 7. The molecule has 0 aliphatic carbocycles. The van der Waals surface area contributed by atoms with Crippen LogP contribution in [0.4, 0.5) is 8.78 Å². The van der Waals surface area contributed by atoms with E-state index in [0.29, 0.717) is 13.2 Å². The van der Waals surface area contributed by atoms with E-state index in [1.54, 1.807) is 23.9 Å². The first-order chi connectivity index (χ1) is 14.6. The van der Waals surface area contributed by atoms with Crippen LogP contribution in [0.2, 0.25) is 0 Å². The smallest absolute Gasteiger partial charge is 0.237 e. The van der Waals surface area contributed by atoms with Crippen molar-refractivity contribution < 1.29 is 18.3 Å². The maximum atomic E-state index is 13.3. The predicted molar refractivity (Wildman–Crippen MR) is 122 cm³/mol. The monoisotopic (exact) mass is 474 g/mol. The second-order valence-electron chi connectivity index (χ2n) is 7.63. The number of allylic oxidation sites excluding steroid dienone is 1. The molecule has 3 aliphatic heterocycles. The highest BCUT2D eigenvalue weighted by molar-refractivity contribution is 7.99. The lowest BCUT2D eigenvalue weighted by Gasteiger charge is -2.45. The summed E-state index contributed by atoms with van der Waals surface area (Å²) in [6.07, 6.45) is 6.28. The van der Waals surface area contributed by atoms with E-state index in [4.69, 9.17) is 9.47 Å². The fourth-order valence-electron chi connectivity index (χ4n) is 4.22. The molecule has 0 spiro atoms. The minimum atomic E-state index is -0.768. The SMILES string of the molecule is CSC1(N2CCN(CCCC3(c4ccc(F)cc4)OCCO3)CC2)N=CC(F)=CN1.Cl. The van der Waals surface area contributed by atoms with Crippen molar-refractivity contribution in [1.82, 2.24) is 15.1 Å². The lowest BCUT2D eigenvalue weighted by Crippen LogP contribution is -2.60. The zero-order valence-corrected chi connectivity index (χ0v) is 19.2. The van der Waals surface area contributed by atoms with Crippen LogP contribution < -0.4 is 5.32 Å². The summed E-state index contributed by atoms with van der Waals surface area (Å²) in [5.41, 5.74) is 0.870. The first kappa shape index (κ1) is 24.4. The van der Waals surface area contributed by atoms with Crippen LogP contribution in [0.1, 0.15) is 18.4 Å². The molecule has 0 aromatic heterocycles. The maximum Gasteiger partial charge on any atom is 0.237 e. The molecular weight excluding hydrogens is 446 g/mol. The van der Waals surface area contributed by atoms with Crippen molar-refractivity contribution in [2.75, 3.05) is 52.2 Å². The molecule has 4 rings (SSSR count). The largest absolute Gasteiger partial charge is 0.343 e. The Hall–Kier alpha value is -1.23. The fourth-order valence-corrected chi connectivity index (χ4v) is 5.00. The van der Waals surface area contributed by atoms with Gasteiger partial charge in [-0.2, -0.15) is 0 Å². The molecule has 31 heavy (non-hydrogen) atoms. The maximum absolute atomic E-state index is 13.3. The summed E-state index contributed by atoms with van der Waals surface area (Å²) in [7, 11) is 0. The Labute approximate surface area is 192 Å². The van der Waals surface area contributed by atoms with Crippen molar-refractivity contribution in [2.24, 2.45) is 4.99 Å². The van der Waals surface area contributed by atoms with E-state index in [-0.39, 0.29) is 24.1 Å². The summed E-state index contributed by atoms with van der Waals surface area (Å²) in [5.74, 6) is -1.39. The van der Waals surface area contributed by atoms with Gasteiger partial charge in [-0.05, 0) is 31.4 Å². The Morgan fingerprint density at radius 2 is 1.77 bits per heavy atom. The summed E-state index contributed by atoms with van der Waals surface area (Å²) in [4.78, 5) is 9.07. The number of nitrogens with zero attached hydrogens (tertiary/aromatic N) is 3. The van der Waals surface area contributed by atoms with Crippen molar-refractivity contribution in [2.45, 2.75) is 23.7 Å². The highest BCUT2D eigenvalue weighted by atomic mass is 35.5. The van der Waals surface area contributed by atoms with Crippen molar-refractivity contribution in [3.8, 4) is 0 Å². The lowest BCUT2D eigenvalue weighted by atomic mass is 10.00. The molecule has 1 unspecified atom stereocenters. The average Bonchev–Trinajstić information content (AvgIpc) is 3.26. The van der Waals surface area contributed by atoms with E-state index in [9.17, 15) is 8.78 Å². The van der Waals surface area contributed by atoms with Crippen LogP contribution in [0.25, 0.3) is 0 Å². The molecule has 2 fully saturated rings. The van der Waals surface area contributed by atoms with E-state index in [0.717, 1.165) is 51.1 Å². The summed E-state index contributed by atoms with van der Waals surface area (Å²) in [5, 5.41) is 2.47. The number of nitrogens with one attached hydrogen (secondary N) is 1. The van der Waals surface area contributed by atoms with Crippen LogP contribution in [0.15, 0.2) is 41.3 Å². The second-order valence-corrected chi connectivity index (χ2v) is 8.61. The summed E-state index contributed by atoms with van der Waals surface area (Å²) in [6, 6.07) is 6.39. The van der Waals surface area contributed by atoms with Gasteiger partial charge in [0, 0.05) is 44.4 Å². The third-order valence-corrected chi connectivity index (χ3v) is 6.92. The number of piperazine rings is 1. The predicted octanol–water partition coefficient (Wildman–Crippen LogP) is 3.30. The van der Waals surface area contributed by atoms with Gasteiger partial charge in [-0.3, -0.25) is 4.90 Å². The summed E-state index contributed by atoms with van der Waals surface area (Å²) >= 11 is 1.56. The lowest BCUT2D eigenvalue weighted by molar-refractivity contribution is -0.172. The quantitative estimate of drug-likeness (QED) is 0.654.